The fourth-order valence-corrected chi connectivity index (χ4v) is 2.25. The van der Waals surface area contributed by atoms with Gasteiger partial charge in [0.25, 0.3) is 0 Å². The van der Waals surface area contributed by atoms with Gasteiger partial charge < -0.3 is 19.9 Å². The Morgan fingerprint density at radius 3 is 2.64 bits per heavy atom. The van der Waals surface area contributed by atoms with Crippen molar-refractivity contribution in [3.63, 3.8) is 0 Å². The van der Waals surface area contributed by atoms with Crippen LogP contribution < -0.4 is 5.73 Å². The van der Waals surface area contributed by atoms with Crippen LogP contribution in [0.1, 0.15) is 18.6 Å². The van der Waals surface area contributed by atoms with E-state index >= 15 is 0 Å². The molecule has 0 aromatic heterocycles. The number of hydrogen-bond donors (Lipinski definition) is 1. The molecular weight excluding hydrogens is 324 g/mol. The highest BCUT2D eigenvalue weighted by Crippen LogP contribution is 2.19. The molecule has 2 rings (SSSR count). The molecule has 1 unspecified atom stereocenters. The van der Waals surface area contributed by atoms with Crippen molar-refractivity contribution in [1.82, 2.24) is 0 Å². The molecule has 1 aliphatic heterocycles. The maximum Gasteiger partial charge on any atom is 0.373 e. The maximum atomic E-state index is 12.3. The topological polar surface area (TPSA) is 90.9 Å². The Kier molecular flexibility index (Phi) is 7.31. The Labute approximate surface area is 146 Å². The standard InChI is InChI=1S/C18H23N2O5/c1-2-23-10-11-24-18(22)17(14-6-4-3-5-7-14)25-16(21)13-20-9-8-15(19)12-20/h3-9,12,15,17H,2,10-11,13,19H2,1H3/q+1/t15?,17-/m0/s1. The average Bonchev–Trinajstić information content (AvgIpc) is 3.02. The van der Waals surface area contributed by atoms with Gasteiger partial charge in [-0.25, -0.2) is 9.59 Å². The minimum absolute atomic E-state index is 0.0280. The van der Waals surface area contributed by atoms with Gasteiger partial charge in [-0.05, 0) is 6.92 Å². The van der Waals surface area contributed by atoms with Crippen molar-refractivity contribution in [2.75, 3.05) is 26.4 Å². The van der Waals surface area contributed by atoms with Gasteiger partial charge in [0.1, 0.15) is 12.6 Å². The predicted molar refractivity (Wildman–Crippen MR) is 91.0 cm³/mol. The van der Waals surface area contributed by atoms with Crippen LogP contribution in [0.3, 0.4) is 0 Å². The molecule has 1 heterocycles. The highest BCUT2D eigenvalue weighted by molar-refractivity contribution is 5.81. The molecule has 1 aliphatic rings. The van der Waals surface area contributed by atoms with Gasteiger partial charge in [0.2, 0.25) is 12.6 Å². The molecule has 2 N–H and O–H groups in total. The molecular formula is C18H23N2O5+. The summed E-state index contributed by atoms with van der Waals surface area (Å²) in [4.78, 5) is 24.5. The number of nitrogens with zero attached hydrogens (tertiary/aromatic N) is 1. The Bertz CT molecular complexity index is 642. The van der Waals surface area contributed by atoms with E-state index in [0.717, 1.165) is 0 Å². The van der Waals surface area contributed by atoms with Gasteiger partial charge >= 0.3 is 11.9 Å². The summed E-state index contributed by atoms with van der Waals surface area (Å²) < 4.78 is 17.3. The Morgan fingerprint density at radius 2 is 2.00 bits per heavy atom. The van der Waals surface area contributed by atoms with Crippen LogP contribution in [0, 0.1) is 0 Å². The van der Waals surface area contributed by atoms with E-state index in [9.17, 15) is 9.59 Å². The smallest absolute Gasteiger partial charge is 0.373 e. The fraction of sp³-hybridized carbons (Fsp3) is 0.389. The Balaban J connectivity index is 1.99. The number of carbonyl (C=O) groups excluding carboxylic acids is 2. The van der Waals surface area contributed by atoms with Crippen LogP contribution in [0.4, 0.5) is 0 Å². The molecule has 0 spiro atoms. The second kappa shape index (κ2) is 9.71. The first-order valence-corrected chi connectivity index (χ1v) is 8.13. The molecule has 1 aromatic rings. The van der Waals surface area contributed by atoms with Crippen LogP contribution in [0.5, 0.6) is 0 Å². The van der Waals surface area contributed by atoms with Crippen molar-refractivity contribution in [2.45, 2.75) is 19.1 Å². The summed E-state index contributed by atoms with van der Waals surface area (Å²) >= 11 is 0. The summed E-state index contributed by atoms with van der Waals surface area (Å²) in [6, 6.07) is 8.54. The molecule has 25 heavy (non-hydrogen) atoms. The van der Waals surface area contributed by atoms with Gasteiger partial charge in [0.15, 0.2) is 12.4 Å². The fourth-order valence-electron chi connectivity index (χ4n) is 2.25. The van der Waals surface area contributed by atoms with Gasteiger partial charge in [-0.3, -0.25) is 0 Å². The molecule has 0 radical (unpaired) electrons. The van der Waals surface area contributed by atoms with Crippen LogP contribution in [0.15, 0.2) is 42.6 Å². The first kappa shape index (κ1) is 18.8. The molecule has 0 bridgehead atoms. The second-order valence-corrected chi connectivity index (χ2v) is 5.39. The third-order valence-electron chi connectivity index (χ3n) is 3.42. The number of esters is 2. The quantitative estimate of drug-likeness (QED) is 0.403. The van der Waals surface area contributed by atoms with Gasteiger partial charge in [0, 0.05) is 18.2 Å². The Morgan fingerprint density at radius 1 is 1.24 bits per heavy atom. The predicted octanol–water partition coefficient (Wildman–Crippen LogP) is 0.789. The molecule has 0 fully saturated rings. The lowest BCUT2D eigenvalue weighted by Crippen LogP contribution is -2.28. The third kappa shape index (κ3) is 6.13. The van der Waals surface area contributed by atoms with E-state index < -0.39 is 18.0 Å². The number of carbonyl (C=O) groups is 2. The first-order chi connectivity index (χ1) is 12.1. The third-order valence-corrected chi connectivity index (χ3v) is 3.42. The molecule has 0 saturated carbocycles. The number of nitrogens with two attached hydrogens (primary N) is 1. The second-order valence-electron chi connectivity index (χ2n) is 5.39. The lowest BCUT2D eigenvalue weighted by atomic mass is 10.1. The van der Waals surface area contributed by atoms with Crippen LogP contribution in [0.2, 0.25) is 0 Å². The van der Waals surface area contributed by atoms with Crippen LogP contribution in [-0.2, 0) is 23.8 Å². The molecule has 2 atom stereocenters. The van der Waals surface area contributed by atoms with E-state index in [0.29, 0.717) is 18.8 Å². The first-order valence-electron chi connectivity index (χ1n) is 8.13. The lowest BCUT2D eigenvalue weighted by Gasteiger charge is -2.16. The SMILES string of the molecule is CCOCCOC(=O)[C@@H](OC(=O)C[N+]1=CC(N)C=C1)c1ccccc1. The van der Waals surface area contributed by atoms with Crippen molar-refractivity contribution in [3.8, 4) is 0 Å². The van der Waals surface area contributed by atoms with E-state index in [1.807, 2.05) is 13.0 Å². The van der Waals surface area contributed by atoms with Gasteiger partial charge in [-0.2, -0.15) is 4.58 Å². The molecule has 7 heteroatoms. The lowest BCUT2D eigenvalue weighted by molar-refractivity contribution is -0.440. The zero-order valence-corrected chi connectivity index (χ0v) is 14.2. The number of ether oxygens (including phenoxy) is 3. The minimum Gasteiger partial charge on any atom is -0.460 e. The molecule has 0 amide bonds. The van der Waals surface area contributed by atoms with E-state index in [-0.39, 0.29) is 19.2 Å². The maximum absolute atomic E-state index is 12.3. The molecule has 0 saturated heterocycles. The monoisotopic (exact) mass is 347 g/mol. The summed E-state index contributed by atoms with van der Waals surface area (Å²) in [5.41, 5.74) is 6.25. The van der Waals surface area contributed by atoms with Crippen LogP contribution >= 0.6 is 0 Å². The highest BCUT2D eigenvalue weighted by Gasteiger charge is 2.28. The van der Waals surface area contributed by atoms with Crippen molar-refractivity contribution in [1.29, 1.82) is 0 Å². The summed E-state index contributed by atoms with van der Waals surface area (Å²) in [5.74, 6) is -1.18. The Hall–Kier alpha value is -2.51. The number of hydrogen-bond acceptors (Lipinski definition) is 6. The van der Waals surface area contributed by atoms with E-state index in [1.54, 1.807) is 47.3 Å². The summed E-state index contributed by atoms with van der Waals surface area (Å²) in [7, 11) is 0. The van der Waals surface area contributed by atoms with Crippen molar-refractivity contribution >= 4 is 18.2 Å². The van der Waals surface area contributed by atoms with Crippen molar-refractivity contribution in [2.24, 2.45) is 5.73 Å². The van der Waals surface area contributed by atoms with Crippen LogP contribution in [0.25, 0.3) is 0 Å². The largest absolute Gasteiger partial charge is 0.460 e. The van der Waals surface area contributed by atoms with Gasteiger partial charge in [-0.1, -0.05) is 30.3 Å². The average molecular weight is 347 g/mol. The molecule has 1 aromatic carbocycles. The van der Waals surface area contributed by atoms with E-state index in [2.05, 4.69) is 0 Å². The normalized spacial score (nSPS) is 17.0. The van der Waals surface area contributed by atoms with E-state index in [1.165, 1.54) is 0 Å². The molecule has 7 nitrogen and oxygen atoms in total. The molecule has 134 valence electrons. The van der Waals surface area contributed by atoms with E-state index in [4.69, 9.17) is 19.9 Å². The minimum atomic E-state index is -1.12. The molecule has 0 aliphatic carbocycles. The number of benzene rings is 1. The van der Waals surface area contributed by atoms with Crippen LogP contribution in [-0.4, -0.2) is 55.1 Å². The zero-order chi connectivity index (χ0) is 18.1. The van der Waals surface area contributed by atoms with Gasteiger partial charge in [-0.15, -0.1) is 0 Å². The highest BCUT2D eigenvalue weighted by atomic mass is 16.6. The summed E-state index contributed by atoms with van der Waals surface area (Å²) in [6.45, 7) is 2.76. The zero-order valence-electron chi connectivity index (χ0n) is 14.2. The summed E-state index contributed by atoms with van der Waals surface area (Å²) in [6.07, 6.45) is 4.03. The van der Waals surface area contributed by atoms with Crippen molar-refractivity contribution < 1.29 is 28.4 Å². The summed E-state index contributed by atoms with van der Waals surface area (Å²) in [5, 5.41) is 0. The number of rotatable bonds is 9. The van der Waals surface area contributed by atoms with Gasteiger partial charge in [0.05, 0.1) is 6.61 Å². The van der Waals surface area contributed by atoms with Crippen molar-refractivity contribution in [3.05, 3.63) is 48.2 Å².